The van der Waals surface area contributed by atoms with Crippen molar-refractivity contribution in [3.8, 4) is 5.75 Å². The molecule has 7 heteroatoms. The Bertz CT molecular complexity index is 480. The Morgan fingerprint density at radius 1 is 1.20 bits per heavy atom. The summed E-state index contributed by atoms with van der Waals surface area (Å²) >= 11 is 0. The number of benzene rings is 1. The summed E-state index contributed by atoms with van der Waals surface area (Å²) in [7, 11) is 0. The third-order valence-corrected chi connectivity index (χ3v) is 2.17. The van der Waals surface area contributed by atoms with E-state index in [0.717, 1.165) is 12.1 Å². The van der Waals surface area contributed by atoms with E-state index >= 15 is 0 Å². The van der Waals surface area contributed by atoms with Crippen molar-refractivity contribution in [1.82, 2.24) is 0 Å². The zero-order valence-electron chi connectivity index (χ0n) is 11.3. The van der Waals surface area contributed by atoms with Crippen molar-refractivity contribution < 1.29 is 27.8 Å². The van der Waals surface area contributed by atoms with Crippen LogP contribution in [0.4, 0.5) is 8.78 Å². The monoisotopic (exact) mass is 306 g/mol. The number of hydrogen-bond donors (Lipinski definition) is 0. The number of halogens is 2. The van der Waals surface area contributed by atoms with Gasteiger partial charge in [0.2, 0.25) is 5.75 Å². The van der Waals surface area contributed by atoms with Crippen molar-refractivity contribution in [2.24, 2.45) is 5.92 Å². The Balaban J connectivity index is 0.00000361. The van der Waals surface area contributed by atoms with Crippen LogP contribution >= 0.6 is 13.5 Å². The van der Waals surface area contributed by atoms with Gasteiger partial charge in [0.1, 0.15) is 6.61 Å². The van der Waals surface area contributed by atoms with Gasteiger partial charge in [0.25, 0.3) is 0 Å². The van der Waals surface area contributed by atoms with Crippen LogP contribution in [0, 0.1) is 17.6 Å². The average Bonchev–Trinajstić information content (AvgIpc) is 2.30. The minimum absolute atomic E-state index is 0. The van der Waals surface area contributed by atoms with Crippen LogP contribution in [0.3, 0.4) is 0 Å². The molecule has 1 aromatic carbocycles. The van der Waals surface area contributed by atoms with Gasteiger partial charge in [-0.3, -0.25) is 9.59 Å². The highest BCUT2D eigenvalue weighted by Crippen LogP contribution is 2.24. The maximum absolute atomic E-state index is 13.6. The van der Waals surface area contributed by atoms with Gasteiger partial charge < -0.3 is 9.47 Å². The molecule has 0 amide bonds. The van der Waals surface area contributed by atoms with E-state index in [1.54, 1.807) is 13.8 Å². The molecule has 0 saturated carbocycles. The fourth-order valence-corrected chi connectivity index (χ4v) is 1.20. The number of ether oxygens (including phenoxy) is 2. The number of carbonyl (C=O) groups is 2. The van der Waals surface area contributed by atoms with Gasteiger partial charge in [-0.15, -0.1) is 0 Å². The van der Waals surface area contributed by atoms with E-state index in [2.05, 4.69) is 9.47 Å². The Labute approximate surface area is 122 Å². The first kappa shape index (κ1) is 18.4. The molecule has 1 aromatic rings. The lowest BCUT2D eigenvalue weighted by Crippen LogP contribution is -2.16. The average molecular weight is 306 g/mol. The van der Waals surface area contributed by atoms with Gasteiger partial charge in [-0.1, -0.05) is 13.8 Å². The summed E-state index contributed by atoms with van der Waals surface area (Å²) in [4.78, 5) is 21.9. The first-order valence-corrected chi connectivity index (χ1v) is 5.64. The van der Waals surface area contributed by atoms with Crippen molar-refractivity contribution in [3.05, 3.63) is 29.3 Å². The predicted octanol–water partition coefficient (Wildman–Crippen LogP) is 2.70. The summed E-state index contributed by atoms with van der Waals surface area (Å²) in [5.74, 6) is -4.57. The van der Waals surface area contributed by atoms with Crippen LogP contribution in [-0.4, -0.2) is 11.9 Å². The molecule has 0 saturated heterocycles. The van der Waals surface area contributed by atoms with Crippen molar-refractivity contribution in [2.45, 2.75) is 27.4 Å². The van der Waals surface area contributed by atoms with Crippen molar-refractivity contribution in [3.63, 3.8) is 0 Å². The highest BCUT2D eigenvalue weighted by atomic mass is 32.1. The summed E-state index contributed by atoms with van der Waals surface area (Å²) in [6, 6.07) is 1.91. The highest BCUT2D eigenvalue weighted by molar-refractivity contribution is 7.59. The number of esters is 2. The molecular formula is C13H16F2O4S. The van der Waals surface area contributed by atoms with Crippen LogP contribution in [0.2, 0.25) is 0 Å². The molecule has 0 fully saturated rings. The quantitative estimate of drug-likeness (QED) is 0.634. The van der Waals surface area contributed by atoms with E-state index in [-0.39, 0.29) is 25.7 Å². The Morgan fingerprint density at radius 2 is 1.70 bits per heavy atom. The molecule has 0 atom stereocenters. The lowest BCUT2D eigenvalue weighted by Gasteiger charge is -2.10. The predicted molar refractivity (Wildman–Crippen MR) is 72.7 cm³/mol. The lowest BCUT2D eigenvalue weighted by atomic mass is 10.2. The van der Waals surface area contributed by atoms with E-state index in [1.165, 1.54) is 6.92 Å². The SMILES string of the molecule is CC(=O)OCc1cc(F)c(OC(=O)C(C)C)c(F)c1.S. The smallest absolute Gasteiger partial charge is 0.313 e. The molecule has 0 N–H and O–H groups in total. The van der Waals surface area contributed by atoms with Crippen LogP contribution in [0.5, 0.6) is 5.75 Å². The van der Waals surface area contributed by atoms with Crippen LogP contribution in [0.1, 0.15) is 26.3 Å². The summed E-state index contributed by atoms with van der Waals surface area (Å²) in [6.07, 6.45) is 0. The zero-order valence-corrected chi connectivity index (χ0v) is 12.3. The van der Waals surface area contributed by atoms with Crippen molar-refractivity contribution in [2.75, 3.05) is 0 Å². The van der Waals surface area contributed by atoms with Gasteiger partial charge in [0.15, 0.2) is 11.6 Å². The minimum Gasteiger partial charge on any atom is -0.461 e. The van der Waals surface area contributed by atoms with Gasteiger partial charge in [-0.05, 0) is 17.7 Å². The molecular weight excluding hydrogens is 290 g/mol. The van der Waals surface area contributed by atoms with E-state index in [4.69, 9.17) is 0 Å². The molecule has 112 valence electrons. The van der Waals surface area contributed by atoms with Crippen LogP contribution < -0.4 is 4.74 Å². The Hall–Kier alpha value is -1.63. The Morgan fingerprint density at radius 3 is 2.10 bits per heavy atom. The molecule has 0 aliphatic rings. The lowest BCUT2D eigenvalue weighted by molar-refractivity contribution is -0.142. The summed E-state index contributed by atoms with van der Waals surface area (Å²) in [5.41, 5.74) is 0.134. The Kier molecular flexibility index (Phi) is 7.20. The van der Waals surface area contributed by atoms with Crippen molar-refractivity contribution >= 4 is 25.4 Å². The van der Waals surface area contributed by atoms with Crippen LogP contribution in [-0.2, 0) is 20.9 Å². The van der Waals surface area contributed by atoms with Crippen molar-refractivity contribution in [1.29, 1.82) is 0 Å². The molecule has 0 spiro atoms. The zero-order chi connectivity index (χ0) is 14.6. The second-order valence-corrected chi connectivity index (χ2v) is 4.24. The topological polar surface area (TPSA) is 52.6 Å². The number of carbonyl (C=O) groups excluding carboxylic acids is 2. The van der Waals surface area contributed by atoms with Gasteiger partial charge >= 0.3 is 11.9 Å². The first-order chi connectivity index (χ1) is 8.81. The summed E-state index contributed by atoms with van der Waals surface area (Å²) < 4.78 is 36.4. The maximum Gasteiger partial charge on any atom is 0.313 e. The third kappa shape index (κ3) is 5.16. The second kappa shape index (κ2) is 7.84. The van der Waals surface area contributed by atoms with Crippen LogP contribution in [0.15, 0.2) is 12.1 Å². The normalized spacial score (nSPS) is 9.90. The molecule has 0 heterocycles. The molecule has 0 unspecified atom stereocenters. The second-order valence-electron chi connectivity index (χ2n) is 4.24. The first-order valence-electron chi connectivity index (χ1n) is 5.64. The maximum atomic E-state index is 13.6. The molecule has 0 aliphatic carbocycles. The van der Waals surface area contributed by atoms with Crippen LogP contribution in [0.25, 0.3) is 0 Å². The number of rotatable bonds is 4. The molecule has 20 heavy (non-hydrogen) atoms. The fraction of sp³-hybridized carbons (Fsp3) is 0.385. The standard InChI is InChI=1S/C13H14F2O4.H2S/c1-7(2)13(17)19-12-10(14)4-9(5-11(12)15)6-18-8(3)16;/h4-5,7H,6H2,1-3H3;1H2. The largest absolute Gasteiger partial charge is 0.461 e. The van der Waals surface area contributed by atoms with E-state index in [0.29, 0.717) is 0 Å². The van der Waals surface area contributed by atoms with Gasteiger partial charge in [-0.25, -0.2) is 8.78 Å². The molecule has 0 aromatic heterocycles. The highest BCUT2D eigenvalue weighted by Gasteiger charge is 2.18. The summed E-state index contributed by atoms with van der Waals surface area (Å²) in [5, 5.41) is 0. The minimum atomic E-state index is -1.02. The van der Waals surface area contributed by atoms with Gasteiger partial charge in [-0.2, -0.15) is 13.5 Å². The van der Waals surface area contributed by atoms with E-state index in [1.807, 2.05) is 0 Å². The van der Waals surface area contributed by atoms with E-state index < -0.39 is 35.2 Å². The van der Waals surface area contributed by atoms with E-state index in [9.17, 15) is 18.4 Å². The molecule has 4 nitrogen and oxygen atoms in total. The summed E-state index contributed by atoms with van der Waals surface area (Å²) in [6.45, 7) is 4.04. The molecule has 1 rings (SSSR count). The molecule has 0 bridgehead atoms. The fourth-order valence-electron chi connectivity index (χ4n) is 1.20. The third-order valence-electron chi connectivity index (χ3n) is 2.17. The molecule has 0 radical (unpaired) electrons. The van der Waals surface area contributed by atoms with Gasteiger partial charge in [0.05, 0.1) is 5.92 Å². The molecule has 0 aliphatic heterocycles. The number of hydrogen-bond acceptors (Lipinski definition) is 4. The van der Waals surface area contributed by atoms with Gasteiger partial charge in [0, 0.05) is 6.92 Å².